The summed E-state index contributed by atoms with van der Waals surface area (Å²) in [5, 5.41) is 10.5. The number of hydrogen-bond donors (Lipinski definition) is 0. The van der Waals surface area contributed by atoms with Crippen molar-refractivity contribution in [3.05, 3.63) is 140 Å². The smallest absolute Gasteiger partial charge is 0.0784 e. The lowest BCUT2D eigenvalue weighted by atomic mass is 10.1. The molecule has 0 fully saturated rings. The van der Waals surface area contributed by atoms with E-state index in [9.17, 15) is 0 Å². The molecule has 0 amide bonds. The molecule has 0 aliphatic heterocycles. The summed E-state index contributed by atoms with van der Waals surface area (Å²) in [5.74, 6) is 0. The van der Waals surface area contributed by atoms with Gasteiger partial charge in [-0.05, 0) is 54.6 Å². The van der Waals surface area contributed by atoms with Crippen LogP contribution in [0.2, 0.25) is 0 Å². The molecule has 12 rings (SSSR count). The van der Waals surface area contributed by atoms with Crippen LogP contribution in [0, 0.1) is 0 Å². The summed E-state index contributed by atoms with van der Waals surface area (Å²) in [6.07, 6.45) is 0. The van der Waals surface area contributed by atoms with Gasteiger partial charge in [0.1, 0.15) is 0 Å². The maximum atomic E-state index is 2.54. The molecule has 7 aromatic carbocycles. The van der Waals surface area contributed by atoms with Gasteiger partial charge in [-0.3, -0.25) is 0 Å². The van der Waals surface area contributed by atoms with E-state index in [1.165, 1.54) is 102 Å². The van der Waals surface area contributed by atoms with Gasteiger partial charge in [-0.2, -0.15) is 0 Å². The minimum Gasteiger partial charge on any atom is -0.309 e. The fourth-order valence-corrected chi connectivity index (χ4v) is 9.76. The molecular weight excluding hydrogens is 579 g/mol. The van der Waals surface area contributed by atoms with Gasteiger partial charge in [0.25, 0.3) is 0 Å². The molecule has 12 aromatic rings. The summed E-state index contributed by atoms with van der Waals surface area (Å²) >= 11 is 1.89. The summed E-state index contributed by atoms with van der Waals surface area (Å²) < 4.78 is 10.2. The van der Waals surface area contributed by atoms with Crippen molar-refractivity contribution in [1.29, 1.82) is 0 Å². The van der Waals surface area contributed by atoms with Crippen molar-refractivity contribution in [2.24, 2.45) is 0 Å². The van der Waals surface area contributed by atoms with Crippen LogP contribution in [-0.2, 0) is 0 Å². The highest BCUT2D eigenvalue weighted by Gasteiger charge is 2.25. The fourth-order valence-electron chi connectivity index (χ4n) is 8.65. The van der Waals surface area contributed by atoms with Crippen molar-refractivity contribution in [2.75, 3.05) is 0 Å². The number of hydrogen-bond acceptors (Lipinski definition) is 1. The molecule has 0 aliphatic carbocycles. The van der Waals surface area contributed by atoms with Crippen molar-refractivity contribution < 1.29 is 0 Å². The van der Waals surface area contributed by atoms with Crippen molar-refractivity contribution in [3.63, 3.8) is 0 Å². The molecule has 0 bridgehead atoms. The number of fused-ring (bicyclic) bond motifs is 16. The summed E-state index contributed by atoms with van der Waals surface area (Å²) in [7, 11) is 0. The number of rotatable bonds is 1. The average molecular weight is 602 g/mol. The Bertz CT molecular complexity index is 3240. The molecule has 46 heavy (non-hydrogen) atoms. The van der Waals surface area contributed by atoms with Gasteiger partial charge in [-0.15, -0.1) is 11.3 Å². The Morgan fingerprint density at radius 2 is 0.935 bits per heavy atom. The Morgan fingerprint density at radius 1 is 0.326 bits per heavy atom. The Labute approximate surface area is 265 Å². The number of nitrogens with zero attached hydrogens (tertiary/aromatic N) is 3. The molecule has 0 N–H and O–H groups in total. The second-order valence-electron chi connectivity index (χ2n) is 12.5. The average Bonchev–Trinajstić information content (AvgIpc) is 3.85. The van der Waals surface area contributed by atoms with E-state index in [-0.39, 0.29) is 0 Å². The zero-order chi connectivity index (χ0) is 29.7. The zero-order valence-electron chi connectivity index (χ0n) is 24.5. The Morgan fingerprint density at radius 3 is 1.74 bits per heavy atom. The fraction of sp³-hybridized carbons (Fsp3) is 0. The minimum atomic E-state index is 1.18. The maximum Gasteiger partial charge on any atom is 0.0784 e. The van der Waals surface area contributed by atoms with E-state index in [0.29, 0.717) is 0 Å². The van der Waals surface area contributed by atoms with E-state index >= 15 is 0 Å². The zero-order valence-corrected chi connectivity index (χ0v) is 25.3. The van der Waals surface area contributed by atoms with Crippen molar-refractivity contribution >= 4 is 108 Å². The second-order valence-corrected chi connectivity index (χ2v) is 13.6. The van der Waals surface area contributed by atoms with Crippen molar-refractivity contribution in [1.82, 2.24) is 13.4 Å². The van der Waals surface area contributed by atoms with Crippen LogP contribution in [0.3, 0.4) is 0 Å². The molecule has 0 unspecified atom stereocenters. The Kier molecular flexibility index (Phi) is 4.12. The minimum absolute atomic E-state index is 1.18. The molecule has 0 atom stereocenters. The van der Waals surface area contributed by atoms with Gasteiger partial charge < -0.3 is 13.4 Å². The molecule has 0 aliphatic rings. The lowest BCUT2D eigenvalue weighted by Crippen LogP contribution is -1.96. The van der Waals surface area contributed by atoms with Crippen LogP contribution < -0.4 is 0 Å². The van der Waals surface area contributed by atoms with Crippen LogP contribution in [-0.4, -0.2) is 13.4 Å². The van der Waals surface area contributed by atoms with E-state index < -0.39 is 0 Å². The predicted octanol–water partition coefficient (Wildman–Crippen LogP) is 11.7. The van der Waals surface area contributed by atoms with Crippen molar-refractivity contribution in [3.8, 4) is 5.69 Å². The molecule has 0 saturated heterocycles. The Hall–Kier alpha value is -5.84. The van der Waals surface area contributed by atoms with E-state index in [4.69, 9.17) is 0 Å². The summed E-state index contributed by atoms with van der Waals surface area (Å²) in [6, 6.07) is 51.6. The quantitative estimate of drug-likeness (QED) is 0.166. The summed E-state index contributed by atoms with van der Waals surface area (Å²) in [6.45, 7) is 0. The van der Waals surface area contributed by atoms with Gasteiger partial charge in [-0.1, -0.05) is 84.9 Å². The van der Waals surface area contributed by atoms with Crippen LogP contribution in [0.25, 0.3) is 102 Å². The topological polar surface area (TPSA) is 13.8 Å². The first-order valence-corrected chi connectivity index (χ1v) is 16.6. The molecule has 212 valence electrons. The molecular formula is C42H23N3S. The van der Waals surface area contributed by atoms with E-state index in [1.54, 1.807) is 0 Å². The second kappa shape index (κ2) is 8.05. The Balaban J connectivity index is 1.37. The lowest BCUT2D eigenvalue weighted by molar-refractivity contribution is 1.19. The highest BCUT2D eigenvalue weighted by molar-refractivity contribution is 7.26. The van der Waals surface area contributed by atoms with Gasteiger partial charge in [0, 0.05) is 58.2 Å². The van der Waals surface area contributed by atoms with Gasteiger partial charge >= 0.3 is 0 Å². The summed E-state index contributed by atoms with van der Waals surface area (Å²) in [5.41, 5.74) is 11.2. The SMILES string of the molecule is c1ccc(-n2c3ccccc3c3ccc4c(c5cccc6c5n4c4cccc5c7c8c(ccc7n6c54)sc4ccccc48)c32)cc1. The number of para-hydroxylation sites is 4. The monoisotopic (exact) mass is 601 g/mol. The van der Waals surface area contributed by atoms with Crippen LogP contribution in [0.15, 0.2) is 140 Å². The first-order chi connectivity index (χ1) is 22.9. The molecule has 5 heterocycles. The number of aromatic nitrogens is 3. The number of benzene rings is 7. The van der Waals surface area contributed by atoms with Gasteiger partial charge in [0.2, 0.25) is 0 Å². The molecule has 0 saturated carbocycles. The maximum absolute atomic E-state index is 2.54. The van der Waals surface area contributed by atoms with E-state index in [2.05, 4.69) is 153 Å². The molecule has 3 nitrogen and oxygen atoms in total. The van der Waals surface area contributed by atoms with Crippen LogP contribution >= 0.6 is 11.3 Å². The predicted molar refractivity (Wildman–Crippen MR) is 197 cm³/mol. The number of thiophene rings is 1. The van der Waals surface area contributed by atoms with E-state index in [1.807, 2.05) is 11.3 Å². The lowest BCUT2D eigenvalue weighted by Gasteiger charge is -2.11. The highest BCUT2D eigenvalue weighted by atomic mass is 32.1. The normalized spacial score (nSPS) is 12.8. The van der Waals surface area contributed by atoms with Gasteiger partial charge in [0.05, 0.1) is 44.1 Å². The van der Waals surface area contributed by atoms with Crippen LogP contribution in [0.4, 0.5) is 0 Å². The summed E-state index contributed by atoms with van der Waals surface area (Å²) in [4.78, 5) is 0. The molecule has 0 radical (unpaired) electrons. The molecule has 0 spiro atoms. The third-order valence-electron chi connectivity index (χ3n) is 10.3. The third kappa shape index (κ3) is 2.61. The van der Waals surface area contributed by atoms with Gasteiger partial charge in [0.15, 0.2) is 0 Å². The first-order valence-electron chi connectivity index (χ1n) is 15.8. The molecule has 5 aromatic heterocycles. The van der Waals surface area contributed by atoms with E-state index in [0.717, 1.165) is 0 Å². The van der Waals surface area contributed by atoms with Crippen LogP contribution in [0.5, 0.6) is 0 Å². The largest absolute Gasteiger partial charge is 0.309 e. The highest BCUT2D eigenvalue weighted by Crippen LogP contribution is 2.47. The van der Waals surface area contributed by atoms with Gasteiger partial charge in [-0.25, -0.2) is 0 Å². The molecule has 4 heteroatoms. The standard InChI is InChI=1S/C42H23N3S/c1-2-10-24(11-3-1)43-30-16-6-4-12-25(30)26-20-21-32-38(42(26)43)29-15-9-18-34-41(29)45(32)33-17-8-14-28-37-31(44(34)40(28)33)22-23-36-39(37)27-13-5-7-19-35(27)46-36/h1-23H. The third-order valence-corrected chi connectivity index (χ3v) is 11.5. The van der Waals surface area contributed by atoms with Crippen molar-refractivity contribution in [2.45, 2.75) is 0 Å². The van der Waals surface area contributed by atoms with Crippen LogP contribution in [0.1, 0.15) is 0 Å². The first kappa shape index (κ1) is 23.5.